The molecule has 3 rings (SSSR count). The molecule has 1 fully saturated rings. The largest absolute Gasteiger partial charge is 0.465 e. The first kappa shape index (κ1) is 20.1. The number of carbonyl (C=O) groups excluding carboxylic acids is 1. The standard InChI is InChI=1S/C19H21FN6O3/c20-19(7-10-25(11-8-19)18(28)29)15(6-9-21)26-12-14(16(22)27)17(24-26)23-13-4-2-1-3-5-13/h1-5,12,15H,6-8,10-11H2,(H2,22,27)(H,23,24)(H,28,29). The fourth-order valence-electron chi connectivity index (χ4n) is 3.49. The predicted octanol–water partition coefficient (Wildman–Crippen LogP) is 2.66. The second-order valence-electron chi connectivity index (χ2n) is 6.91. The highest BCUT2D eigenvalue weighted by Crippen LogP contribution is 2.39. The van der Waals surface area contributed by atoms with E-state index in [0.29, 0.717) is 5.69 Å². The molecule has 0 radical (unpaired) electrons. The maximum atomic E-state index is 15.7. The van der Waals surface area contributed by atoms with Crippen molar-refractivity contribution in [2.45, 2.75) is 31.0 Å². The Labute approximate surface area is 166 Å². The minimum absolute atomic E-state index is 0.0207. The summed E-state index contributed by atoms with van der Waals surface area (Å²) in [5.74, 6) is -0.572. The van der Waals surface area contributed by atoms with Gasteiger partial charge in [0.05, 0.1) is 18.5 Å². The first-order valence-corrected chi connectivity index (χ1v) is 9.09. The van der Waals surface area contributed by atoms with Gasteiger partial charge in [0.2, 0.25) is 0 Å². The summed E-state index contributed by atoms with van der Waals surface area (Å²) in [4.78, 5) is 24.1. The number of benzene rings is 1. The number of nitrogens with two attached hydrogens (primary N) is 1. The fourth-order valence-corrected chi connectivity index (χ4v) is 3.49. The second-order valence-corrected chi connectivity index (χ2v) is 6.91. The van der Waals surface area contributed by atoms with E-state index < -0.39 is 23.7 Å². The van der Waals surface area contributed by atoms with Gasteiger partial charge in [0.1, 0.15) is 11.2 Å². The Hall–Kier alpha value is -3.61. The Morgan fingerprint density at radius 1 is 1.34 bits per heavy atom. The van der Waals surface area contributed by atoms with Crippen LogP contribution in [0.2, 0.25) is 0 Å². The molecule has 1 unspecified atom stereocenters. The molecule has 0 spiro atoms. The number of nitriles is 1. The highest BCUT2D eigenvalue weighted by atomic mass is 19.1. The lowest BCUT2D eigenvalue weighted by Gasteiger charge is -2.39. The number of nitrogens with one attached hydrogen (secondary N) is 1. The van der Waals surface area contributed by atoms with Gasteiger partial charge in [-0.15, -0.1) is 0 Å². The lowest BCUT2D eigenvalue weighted by atomic mass is 9.84. The molecule has 1 aromatic carbocycles. The van der Waals surface area contributed by atoms with Crippen molar-refractivity contribution in [1.29, 1.82) is 5.26 Å². The topological polar surface area (TPSA) is 137 Å². The van der Waals surface area contributed by atoms with Crippen LogP contribution in [0.15, 0.2) is 36.5 Å². The van der Waals surface area contributed by atoms with E-state index in [1.165, 1.54) is 10.9 Å². The third kappa shape index (κ3) is 4.29. The lowest BCUT2D eigenvalue weighted by Crippen LogP contribution is -2.48. The fraction of sp³-hybridized carbons (Fsp3) is 0.368. The van der Waals surface area contributed by atoms with Crippen LogP contribution in [0.4, 0.5) is 20.7 Å². The van der Waals surface area contributed by atoms with Crippen molar-refractivity contribution in [1.82, 2.24) is 14.7 Å². The van der Waals surface area contributed by atoms with Gasteiger partial charge in [-0.3, -0.25) is 9.48 Å². The van der Waals surface area contributed by atoms with Crippen LogP contribution in [-0.2, 0) is 0 Å². The van der Waals surface area contributed by atoms with E-state index in [1.807, 2.05) is 12.1 Å². The highest BCUT2D eigenvalue weighted by molar-refractivity contribution is 5.98. The third-order valence-electron chi connectivity index (χ3n) is 5.10. The molecule has 1 aliphatic heterocycles. The van der Waals surface area contributed by atoms with Crippen molar-refractivity contribution in [3.63, 3.8) is 0 Å². The molecule has 1 atom stereocenters. The smallest absolute Gasteiger partial charge is 0.407 e. The molecule has 10 heteroatoms. The Bertz CT molecular complexity index is 931. The number of rotatable bonds is 6. The van der Waals surface area contributed by atoms with Gasteiger partial charge in [0.25, 0.3) is 5.91 Å². The number of carboxylic acid groups (broad SMARTS) is 1. The van der Waals surface area contributed by atoms with Crippen LogP contribution >= 0.6 is 0 Å². The highest BCUT2D eigenvalue weighted by Gasteiger charge is 2.44. The van der Waals surface area contributed by atoms with Gasteiger partial charge in [0.15, 0.2) is 5.82 Å². The molecule has 2 heterocycles. The van der Waals surface area contributed by atoms with E-state index in [1.54, 1.807) is 24.3 Å². The van der Waals surface area contributed by atoms with Crippen LogP contribution < -0.4 is 11.1 Å². The molecule has 1 aliphatic rings. The number of anilines is 2. The van der Waals surface area contributed by atoms with Gasteiger partial charge in [-0.2, -0.15) is 10.4 Å². The SMILES string of the molecule is N#CCC(n1cc(C(N)=O)c(Nc2ccccc2)n1)C1(F)CCN(C(=O)O)CC1. The minimum atomic E-state index is -1.84. The van der Waals surface area contributed by atoms with Gasteiger partial charge >= 0.3 is 6.09 Å². The number of alkyl halides is 1. The normalized spacial score (nSPS) is 16.6. The number of likely N-dealkylation sites (tertiary alicyclic amines) is 1. The molecule has 0 bridgehead atoms. The quantitative estimate of drug-likeness (QED) is 0.682. The molecule has 0 saturated carbocycles. The number of amides is 2. The van der Waals surface area contributed by atoms with E-state index >= 15 is 4.39 Å². The molecule has 2 amide bonds. The van der Waals surface area contributed by atoms with Crippen molar-refractivity contribution in [2.75, 3.05) is 18.4 Å². The van der Waals surface area contributed by atoms with Crippen LogP contribution in [-0.4, -0.2) is 50.5 Å². The number of para-hydroxylation sites is 1. The van der Waals surface area contributed by atoms with E-state index in [0.717, 1.165) is 4.90 Å². The molecule has 2 aromatic rings. The summed E-state index contributed by atoms with van der Waals surface area (Å²) in [5, 5.41) is 25.6. The average Bonchev–Trinajstić information content (AvgIpc) is 3.10. The zero-order valence-corrected chi connectivity index (χ0v) is 15.6. The number of hydrogen-bond donors (Lipinski definition) is 3. The van der Waals surface area contributed by atoms with Gasteiger partial charge in [0, 0.05) is 37.8 Å². The van der Waals surface area contributed by atoms with E-state index in [2.05, 4.69) is 10.4 Å². The summed E-state index contributed by atoms with van der Waals surface area (Å²) in [6.07, 6.45) is -0.0970. The Kier molecular flexibility index (Phi) is 5.68. The van der Waals surface area contributed by atoms with Gasteiger partial charge < -0.3 is 21.1 Å². The number of carbonyl (C=O) groups is 2. The summed E-state index contributed by atoms with van der Waals surface area (Å²) < 4.78 is 17.0. The molecule has 4 N–H and O–H groups in total. The van der Waals surface area contributed by atoms with Gasteiger partial charge in [-0.1, -0.05) is 18.2 Å². The second kappa shape index (κ2) is 8.18. The van der Waals surface area contributed by atoms with E-state index in [-0.39, 0.29) is 43.7 Å². The number of aromatic nitrogens is 2. The molecular formula is C19H21FN6O3. The molecule has 152 valence electrons. The van der Waals surface area contributed by atoms with Crippen molar-refractivity contribution in [3.8, 4) is 6.07 Å². The number of piperidine rings is 1. The summed E-state index contributed by atoms with van der Waals surface area (Å²) >= 11 is 0. The molecule has 1 saturated heterocycles. The summed E-state index contributed by atoms with van der Waals surface area (Å²) in [6, 6.07) is 9.96. The number of primary amides is 1. The lowest BCUT2D eigenvalue weighted by molar-refractivity contribution is 0.0128. The minimum Gasteiger partial charge on any atom is -0.465 e. The molecule has 1 aromatic heterocycles. The number of nitrogens with zero attached hydrogens (tertiary/aromatic N) is 4. The maximum absolute atomic E-state index is 15.7. The van der Waals surface area contributed by atoms with E-state index in [9.17, 15) is 14.9 Å². The zero-order chi connectivity index (χ0) is 21.0. The van der Waals surface area contributed by atoms with Crippen molar-refractivity contribution in [3.05, 3.63) is 42.1 Å². The Morgan fingerprint density at radius 3 is 2.55 bits per heavy atom. The summed E-state index contributed by atoms with van der Waals surface area (Å²) in [7, 11) is 0. The van der Waals surface area contributed by atoms with Gasteiger partial charge in [-0.25, -0.2) is 9.18 Å². The average molecular weight is 400 g/mol. The van der Waals surface area contributed by atoms with Crippen LogP contribution in [0.25, 0.3) is 0 Å². The Balaban J connectivity index is 1.91. The third-order valence-corrected chi connectivity index (χ3v) is 5.10. The molecular weight excluding hydrogens is 379 g/mol. The van der Waals surface area contributed by atoms with Crippen molar-refractivity contribution < 1.29 is 19.1 Å². The van der Waals surface area contributed by atoms with Crippen LogP contribution in [0, 0.1) is 11.3 Å². The molecule has 0 aliphatic carbocycles. The van der Waals surface area contributed by atoms with Crippen molar-refractivity contribution in [2.24, 2.45) is 5.73 Å². The predicted molar refractivity (Wildman–Crippen MR) is 102 cm³/mol. The monoisotopic (exact) mass is 400 g/mol. The summed E-state index contributed by atoms with van der Waals surface area (Å²) in [6.45, 7) is 0.0413. The molecule has 9 nitrogen and oxygen atoms in total. The Morgan fingerprint density at radius 2 is 2.00 bits per heavy atom. The zero-order valence-electron chi connectivity index (χ0n) is 15.6. The molecule has 29 heavy (non-hydrogen) atoms. The first-order chi connectivity index (χ1) is 13.8. The number of halogens is 1. The van der Waals surface area contributed by atoms with Crippen LogP contribution in [0.1, 0.15) is 35.7 Å². The van der Waals surface area contributed by atoms with Crippen LogP contribution in [0.5, 0.6) is 0 Å². The van der Waals surface area contributed by atoms with Gasteiger partial charge in [-0.05, 0) is 12.1 Å². The van der Waals surface area contributed by atoms with Crippen molar-refractivity contribution >= 4 is 23.5 Å². The van der Waals surface area contributed by atoms with E-state index in [4.69, 9.17) is 10.8 Å². The summed E-state index contributed by atoms with van der Waals surface area (Å²) in [5.41, 5.74) is 4.36. The first-order valence-electron chi connectivity index (χ1n) is 9.09. The van der Waals surface area contributed by atoms with Crippen LogP contribution in [0.3, 0.4) is 0 Å². The maximum Gasteiger partial charge on any atom is 0.407 e. The number of hydrogen-bond acceptors (Lipinski definition) is 5.